The number of rotatable bonds is 8. The first kappa shape index (κ1) is 21.4. The van der Waals surface area contributed by atoms with Crippen LogP contribution in [-0.2, 0) is 13.2 Å². The van der Waals surface area contributed by atoms with Gasteiger partial charge in [-0.15, -0.1) is 0 Å². The zero-order valence-electron chi connectivity index (χ0n) is 19.1. The Hall–Kier alpha value is -5.12. The molecule has 0 unspecified atom stereocenters. The van der Waals surface area contributed by atoms with E-state index in [4.69, 9.17) is 9.72 Å². The Morgan fingerprint density at radius 1 is 0.944 bits per heavy atom. The van der Waals surface area contributed by atoms with Crippen molar-refractivity contribution in [3.63, 3.8) is 0 Å². The second kappa shape index (κ2) is 9.63. The zero-order valence-corrected chi connectivity index (χ0v) is 19.1. The van der Waals surface area contributed by atoms with Crippen molar-refractivity contribution < 1.29 is 4.74 Å². The third-order valence-electron chi connectivity index (χ3n) is 5.55. The van der Waals surface area contributed by atoms with Gasteiger partial charge in [0.15, 0.2) is 0 Å². The highest BCUT2D eigenvalue weighted by atomic mass is 16.5. The monoisotopic (exact) mass is 475 g/mol. The van der Waals surface area contributed by atoms with Crippen LogP contribution in [0.25, 0.3) is 22.2 Å². The van der Waals surface area contributed by atoms with E-state index >= 15 is 0 Å². The summed E-state index contributed by atoms with van der Waals surface area (Å²) in [6.07, 6.45) is 12.2. The number of fused-ring (bicyclic) bond motifs is 1. The van der Waals surface area contributed by atoms with Crippen molar-refractivity contribution in [3.05, 3.63) is 103 Å². The molecule has 0 atom stereocenters. The lowest BCUT2D eigenvalue weighted by atomic mass is 10.1. The fourth-order valence-corrected chi connectivity index (χ4v) is 3.87. The lowest BCUT2D eigenvalue weighted by Gasteiger charge is -2.13. The molecule has 0 aliphatic carbocycles. The summed E-state index contributed by atoms with van der Waals surface area (Å²) in [5.41, 5.74) is 5.19. The second-order valence-corrected chi connectivity index (χ2v) is 8.09. The fraction of sp³-hybridized carbons (Fsp3) is 0.0769. The smallest absolute Gasteiger partial charge is 0.227 e. The predicted molar refractivity (Wildman–Crippen MR) is 135 cm³/mol. The van der Waals surface area contributed by atoms with E-state index in [1.165, 1.54) is 0 Å². The maximum absolute atomic E-state index is 6.14. The molecule has 36 heavy (non-hydrogen) atoms. The number of hydrogen-bond acceptors (Lipinski definition) is 8. The van der Waals surface area contributed by atoms with Gasteiger partial charge in [-0.05, 0) is 35.9 Å². The lowest BCUT2D eigenvalue weighted by molar-refractivity contribution is 0.302. The number of benzene rings is 2. The molecule has 0 bridgehead atoms. The summed E-state index contributed by atoms with van der Waals surface area (Å²) in [6, 6.07) is 15.8. The van der Waals surface area contributed by atoms with E-state index in [0.717, 1.165) is 39.1 Å². The second-order valence-electron chi connectivity index (χ2n) is 8.09. The molecule has 6 aromatic rings. The van der Waals surface area contributed by atoms with E-state index in [1.54, 1.807) is 37.2 Å². The highest BCUT2D eigenvalue weighted by Gasteiger charge is 2.13. The number of aromatic nitrogens is 8. The minimum absolute atomic E-state index is 0.277. The van der Waals surface area contributed by atoms with Gasteiger partial charge in [0.25, 0.3) is 0 Å². The van der Waals surface area contributed by atoms with Crippen molar-refractivity contribution in [2.45, 2.75) is 13.2 Å². The van der Waals surface area contributed by atoms with Crippen LogP contribution in [0.5, 0.6) is 5.75 Å². The fourth-order valence-electron chi connectivity index (χ4n) is 3.87. The van der Waals surface area contributed by atoms with Crippen LogP contribution in [0.3, 0.4) is 0 Å². The zero-order chi connectivity index (χ0) is 24.2. The van der Waals surface area contributed by atoms with Crippen molar-refractivity contribution in [1.29, 1.82) is 0 Å². The summed E-state index contributed by atoms with van der Waals surface area (Å²) in [6.45, 7) is 0.962. The molecule has 0 fully saturated rings. The summed E-state index contributed by atoms with van der Waals surface area (Å²) in [4.78, 5) is 17.7. The van der Waals surface area contributed by atoms with Gasteiger partial charge in [0, 0.05) is 59.9 Å². The summed E-state index contributed by atoms with van der Waals surface area (Å²) >= 11 is 0. The Labute approximate surface area is 206 Å². The van der Waals surface area contributed by atoms with E-state index in [1.807, 2.05) is 47.3 Å². The number of nitrogens with one attached hydrogen (secondary N) is 2. The predicted octanol–water partition coefficient (Wildman–Crippen LogP) is 4.38. The molecule has 0 saturated heterocycles. The number of nitrogens with zero attached hydrogens (tertiary/aromatic N) is 7. The summed E-state index contributed by atoms with van der Waals surface area (Å²) in [5, 5.41) is 15.5. The van der Waals surface area contributed by atoms with E-state index in [0.29, 0.717) is 18.2 Å². The van der Waals surface area contributed by atoms with Crippen LogP contribution in [-0.4, -0.2) is 39.9 Å². The van der Waals surface area contributed by atoms with Crippen LogP contribution in [0.4, 0.5) is 11.6 Å². The van der Waals surface area contributed by atoms with E-state index in [9.17, 15) is 0 Å². The molecule has 0 spiro atoms. The molecule has 0 aliphatic heterocycles. The lowest BCUT2D eigenvalue weighted by Crippen LogP contribution is -2.02. The van der Waals surface area contributed by atoms with Crippen LogP contribution in [0, 0.1) is 0 Å². The van der Waals surface area contributed by atoms with Gasteiger partial charge in [0.2, 0.25) is 5.95 Å². The Morgan fingerprint density at radius 2 is 1.94 bits per heavy atom. The summed E-state index contributed by atoms with van der Waals surface area (Å²) in [7, 11) is 0. The van der Waals surface area contributed by atoms with Crippen molar-refractivity contribution in [2.24, 2.45) is 0 Å². The molecule has 0 saturated carbocycles. The minimum atomic E-state index is 0.277. The molecule has 4 heterocycles. The van der Waals surface area contributed by atoms with E-state index < -0.39 is 0 Å². The Kier molecular flexibility index (Phi) is 5.73. The molecule has 10 nitrogen and oxygen atoms in total. The molecule has 2 N–H and O–H groups in total. The van der Waals surface area contributed by atoms with Gasteiger partial charge in [0.1, 0.15) is 12.4 Å². The van der Waals surface area contributed by atoms with Crippen molar-refractivity contribution in [3.8, 4) is 17.0 Å². The molecule has 10 heteroatoms. The third kappa shape index (κ3) is 4.73. The largest absolute Gasteiger partial charge is 0.486 e. The Morgan fingerprint density at radius 3 is 2.78 bits per heavy atom. The maximum atomic E-state index is 6.14. The maximum Gasteiger partial charge on any atom is 0.227 e. The van der Waals surface area contributed by atoms with Crippen LogP contribution in [0.15, 0.2) is 91.9 Å². The normalized spacial score (nSPS) is 11.0. The highest BCUT2D eigenvalue weighted by molar-refractivity contribution is 5.87. The standard InChI is InChI=1S/C26H21N9O/c1-3-18(16-35-10-2-6-31-35)11-20(4-1)32-26-29-14-19-12-22(23-5-7-30-34-23)25(13-24(19)33-26)36-17-21-15-27-8-9-28-21/h1-15H,16-17H2,(H,30,34)(H,29,32,33). The molecule has 176 valence electrons. The number of hydrogen-bond donors (Lipinski definition) is 2. The number of H-pyrrole nitrogens is 1. The molecule has 0 aliphatic rings. The average molecular weight is 476 g/mol. The van der Waals surface area contributed by atoms with Crippen LogP contribution in [0.1, 0.15) is 11.3 Å². The highest BCUT2D eigenvalue weighted by Crippen LogP contribution is 2.33. The number of aromatic amines is 1. The molecular formula is C26H21N9O. The summed E-state index contributed by atoms with van der Waals surface area (Å²) < 4.78 is 8.02. The molecule has 0 amide bonds. The SMILES string of the molecule is c1cc(Cn2cccn2)cc(Nc2ncc3cc(-c4ccn[nH]4)c(OCc4cnccn4)cc3n2)c1. The number of anilines is 2. The van der Waals surface area contributed by atoms with Crippen molar-refractivity contribution in [1.82, 2.24) is 39.9 Å². The number of ether oxygens (including phenoxy) is 1. The van der Waals surface area contributed by atoms with Gasteiger partial charge in [-0.1, -0.05) is 12.1 Å². The van der Waals surface area contributed by atoms with Gasteiger partial charge in [-0.3, -0.25) is 19.7 Å². The van der Waals surface area contributed by atoms with Crippen LogP contribution < -0.4 is 10.1 Å². The van der Waals surface area contributed by atoms with E-state index in [-0.39, 0.29) is 6.61 Å². The van der Waals surface area contributed by atoms with Crippen molar-refractivity contribution >= 4 is 22.5 Å². The Balaban J connectivity index is 1.29. The first-order valence-corrected chi connectivity index (χ1v) is 11.3. The van der Waals surface area contributed by atoms with Crippen molar-refractivity contribution in [2.75, 3.05) is 5.32 Å². The van der Waals surface area contributed by atoms with Crippen LogP contribution >= 0.6 is 0 Å². The van der Waals surface area contributed by atoms with Gasteiger partial charge < -0.3 is 10.1 Å². The van der Waals surface area contributed by atoms with E-state index in [2.05, 4.69) is 47.7 Å². The minimum Gasteiger partial charge on any atom is -0.486 e. The summed E-state index contributed by atoms with van der Waals surface area (Å²) in [5.74, 6) is 1.15. The first-order chi connectivity index (χ1) is 17.8. The molecule has 2 aromatic carbocycles. The van der Waals surface area contributed by atoms with Crippen LogP contribution in [0.2, 0.25) is 0 Å². The quantitative estimate of drug-likeness (QED) is 0.333. The van der Waals surface area contributed by atoms with Gasteiger partial charge in [0.05, 0.1) is 29.6 Å². The molecular weight excluding hydrogens is 454 g/mol. The van der Waals surface area contributed by atoms with Gasteiger partial charge >= 0.3 is 0 Å². The third-order valence-corrected chi connectivity index (χ3v) is 5.55. The average Bonchev–Trinajstić information content (AvgIpc) is 3.63. The molecule has 0 radical (unpaired) electrons. The first-order valence-electron chi connectivity index (χ1n) is 11.3. The molecule has 6 rings (SSSR count). The molecule has 4 aromatic heterocycles. The topological polar surface area (TPSA) is 119 Å². The Bertz CT molecular complexity index is 1580. The van der Waals surface area contributed by atoms with Gasteiger partial charge in [-0.2, -0.15) is 10.2 Å². The van der Waals surface area contributed by atoms with Gasteiger partial charge in [-0.25, -0.2) is 9.97 Å².